The average molecular weight is 184 g/mol. The molecule has 11 heavy (non-hydrogen) atoms. The topological polar surface area (TPSA) is 9.23 Å². The molecule has 1 aliphatic rings. The zero-order valence-electron chi connectivity index (χ0n) is 6.37. The van der Waals surface area contributed by atoms with E-state index in [1.807, 2.05) is 0 Å². The first-order valence-corrected chi connectivity index (χ1v) is 5.30. The van der Waals surface area contributed by atoms with Gasteiger partial charge < -0.3 is 4.74 Å². The minimum Gasteiger partial charge on any atom is -0.370 e. The average Bonchev–Trinajstić information content (AvgIpc) is 1.87. The summed E-state index contributed by atoms with van der Waals surface area (Å²) in [5.74, 6) is 0. The van der Waals surface area contributed by atoms with E-state index in [0.29, 0.717) is 6.42 Å². The number of ether oxygens (including phenoxy) is 1. The fourth-order valence-corrected chi connectivity index (χ4v) is 1.88. The summed E-state index contributed by atoms with van der Waals surface area (Å²) in [5.41, 5.74) is 0. The van der Waals surface area contributed by atoms with Crippen molar-refractivity contribution < 1.29 is 17.1 Å². The fraction of sp³-hybridized carbons (Fsp3) is 1.00. The highest BCUT2D eigenvalue weighted by Crippen LogP contribution is 2.35. The largest absolute Gasteiger partial charge is 0.649 e. The summed E-state index contributed by atoms with van der Waals surface area (Å²) in [7, 11) is -5.60. The van der Waals surface area contributed by atoms with Gasteiger partial charge in [0.15, 0.2) is 0 Å². The first-order valence-electron chi connectivity index (χ1n) is 3.66. The smallest absolute Gasteiger partial charge is 0.370 e. The standard InChI is InChI=1S/C6H11F3OSi/c1-6(11(7,8)9)4-2-3-5-10-6/h2-5H2,1H3. The molecule has 1 heterocycles. The Morgan fingerprint density at radius 1 is 1.27 bits per heavy atom. The molecule has 1 aliphatic heterocycles. The van der Waals surface area contributed by atoms with Crippen LogP contribution in [-0.2, 0) is 4.74 Å². The van der Waals surface area contributed by atoms with Gasteiger partial charge >= 0.3 is 9.08 Å². The SMILES string of the molecule is CC1([Si](F)(F)F)CCCCO1. The van der Waals surface area contributed by atoms with Crippen LogP contribution in [0.1, 0.15) is 26.2 Å². The molecule has 0 amide bonds. The summed E-state index contributed by atoms with van der Waals surface area (Å²) in [5, 5.41) is -1.74. The molecule has 1 saturated heterocycles. The van der Waals surface area contributed by atoms with Gasteiger partial charge in [0.25, 0.3) is 0 Å². The van der Waals surface area contributed by atoms with Gasteiger partial charge in [0.2, 0.25) is 0 Å². The second kappa shape index (κ2) is 2.78. The quantitative estimate of drug-likeness (QED) is 0.449. The summed E-state index contributed by atoms with van der Waals surface area (Å²) < 4.78 is 41.8. The van der Waals surface area contributed by atoms with E-state index < -0.39 is 14.3 Å². The molecule has 1 fully saturated rings. The molecule has 0 N–H and O–H groups in total. The van der Waals surface area contributed by atoms with E-state index in [9.17, 15) is 12.3 Å². The maximum atomic E-state index is 12.3. The highest BCUT2D eigenvalue weighted by atomic mass is 28.5. The lowest BCUT2D eigenvalue weighted by atomic mass is 10.1. The molecule has 0 aliphatic carbocycles. The summed E-state index contributed by atoms with van der Waals surface area (Å²) in [6.07, 6.45) is 1.56. The Bertz CT molecular complexity index is 139. The Balaban J connectivity index is 2.64. The van der Waals surface area contributed by atoms with E-state index in [-0.39, 0.29) is 13.0 Å². The van der Waals surface area contributed by atoms with Crippen LogP contribution in [0.3, 0.4) is 0 Å². The third-order valence-corrected chi connectivity index (χ3v) is 3.66. The monoisotopic (exact) mass is 184 g/mol. The molecule has 1 nitrogen and oxygen atoms in total. The van der Waals surface area contributed by atoms with Crippen LogP contribution in [0.5, 0.6) is 0 Å². The molecule has 0 aromatic rings. The summed E-state index contributed by atoms with van der Waals surface area (Å²) in [4.78, 5) is 0. The first-order chi connectivity index (χ1) is 4.96. The predicted molar refractivity (Wildman–Crippen MR) is 37.3 cm³/mol. The van der Waals surface area contributed by atoms with Crippen molar-refractivity contribution in [3.63, 3.8) is 0 Å². The van der Waals surface area contributed by atoms with Crippen LogP contribution >= 0.6 is 0 Å². The van der Waals surface area contributed by atoms with Crippen molar-refractivity contribution in [2.24, 2.45) is 0 Å². The molecular weight excluding hydrogens is 173 g/mol. The fourth-order valence-electron chi connectivity index (χ4n) is 1.16. The van der Waals surface area contributed by atoms with Crippen LogP contribution in [0.15, 0.2) is 0 Å². The molecular formula is C6H11F3OSi. The molecule has 1 unspecified atom stereocenters. The van der Waals surface area contributed by atoms with Gasteiger partial charge in [-0.1, -0.05) is 0 Å². The lowest BCUT2D eigenvalue weighted by Crippen LogP contribution is -2.51. The van der Waals surface area contributed by atoms with Gasteiger partial charge in [-0.05, 0) is 26.2 Å². The van der Waals surface area contributed by atoms with Crippen LogP contribution in [0, 0.1) is 0 Å². The third-order valence-electron chi connectivity index (χ3n) is 2.07. The number of hydrogen-bond acceptors (Lipinski definition) is 1. The molecule has 66 valence electrons. The summed E-state index contributed by atoms with van der Waals surface area (Å²) in [6.45, 7) is 1.45. The number of halogens is 3. The third kappa shape index (κ3) is 1.76. The Labute approximate surface area is 65.1 Å². The minimum absolute atomic E-state index is 0.155. The predicted octanol–water partition coefficient (Wildman–Crippen LogP) is 2.33. The molecule has 0 aromatic carbocycles. The van der Waals surface area contributed by atoms with E-state index >= 15 is 0 Å². The molecule has 0 spiro atoms. The van der Waals surface area contributed by atoms with Crippen molar-refractivity contribution in [3.8, 4) is 0 Å². The van der Waals surface area contributed by atoms with E-state index in [0.717, 1.165) is 6.42 Å². The molecule has 0 radical (unpaired) electrons. The summed E-state index contributed by atoms with van der Waals surface area (Å²) in [6, 6.07) is 0. The Morgan fingerprint density at radius 3 is 2.18 bits per heavy atom. The first kappa shape index (κ1) is 9.06. The van der Waals surface area contributed by atoms with E-state index in [1.54, 1.807) is 0 Å². The van der Waals surface area contributed by atoms with Crippen LogP contribution in [-0.4, -0.2) is 20.9 Å². The van der Waals surface area contributed by atoms with Crippen molar-refractivity contribution in [2.45, 2.75) is 31.4 Å². The Morgan fingerprint density at radius 2 is 1.91 bits per heavy atom. The maximum Gasteiger partial charge on any atom is 0.649 e. The molecule has 5 heteroatoms. The normalized spacial score (nSPS) is 33.8. The number of hydrogen-bond donors (Lipinski definition) is 0. The van der Waals surface area contributed by atoms with E-state index in [2.05, 4.69) is 0 Å². The molecule has 0 bridgehead atoms. The van der Waals surface area contributed by atoms with Crippen molar-refractivity contribution in [2.75, 3.05) is 6.61 Å². The van der Waals surface area contributed by atoms with Gasteiger partial charge in [-0.25, -0.2) is 12.3 Å². The highest BCUT2D eigenvalue weighted by molar-refractivity contribution is 6.61. The minimum atomic E-state index is -5.60. The maximum absolute atomic E-state index is 12.3. The van der Waals surface area contributed by atoms with Crippen LogP contribution in [0.2, 0.25) is 0 Å². The lowest BCUT2D eigenvalue weighted by Gasteiger charge is -2.33. The molecule has 1 rings (SSSR count). The van der Waals surface area contributed by atoms with Gasteiger partial charge in [0.05, 0.1) is 0 Å². The van der Waals surface area contributed by atoms with Gasteiger partial charge in [0.1, 0.15) is 5.22 Å². The van der Waals surface area contributed by atoms with Crippen LogP contribution in [0.25, 0.3) is 0 Å². The van der Waals surface area contributed by atoms with Crippen molar-refractivity contribution in [1.29, 1.82) is 0 Å². The van der Waals surface area contributed by atoms with Crippen LogP contribution in [0.4, 0.5) is 12.3 Å². The van der Waals surface area contributed by atoms with Gasteiger partial charge in [-0.3, -0.25) is 0 Å². The highest BCUT2D eigenvalue weighted by Gasteiger charge is 2.59. The zero-order valence-corrected chi connectivity index (χ0v) is 7.37. The molecule has 0 saturated carbocycles. The van der Waals surface area contributed by atoms with Crippen molar-refractivity contribution >= 4 is 9.08 Å². The zero-order chi connectivity index (χ0) is 8.54. The van der Waals surface area contributed by atoms with Gasteiger partial charge in [-0.2, -0.15) is 0 Å². The van der Waals surface area contributed by atoms with Gasteiger partial charge in [-0.15, -0.1) is 0 Å². The molecule has 1 atom stereocenters. The van der Waals surface area contributed by atoms with E-state index in [1.165, 1.54) is 6.92 Å². The van der Waals surface area contributed by atoms with E-state index in [4.69, 9.17) is 4.74 Å². The van der Waals surface area contributed by atoms with Crippen molar-refractivity contribution in [1.82, 2.24) is 0 Å². The lowest BCUT2D eigenvalue weighted by molar-refractivity contribution is -0.0344. The summed E-state index contributed by atoms with van der Waals surface area (Å²) >= 11 is 0. The Kier molecular flexibility index (Phi) is 2.29. The Hall–Kier alpha value is -0.0331. The van der Waals surface area contributed by atoms with Crippen molar-refractivity contribution in [3.05, 3.63) is 0 Å². The van der Waals surface area contributed by atoms with Crippen LogP contribution < -0.4 is 0 Å². The molecule has 0 aromatic heterocycles. The second-order valence-corrected chi connectivity index (χ2v) is 5.09. The second-order valence-electron chi connectivity index (χ2n) is 3.03. The number of rotatable bonds is 1. The van der Waals surface area contributed by atoms with Gasteiger partial charge in [0, 0.05) is 6.61 Å².